The lowest BCUT2D eigenvalue weighted by atomic mass is 10.2. The molecule has 0 saturated heterocycles. The van der Waals surface area contributed by atoms with Gasteiger partial charge in [-0.05, 0) is 32.1 Å². The predicted octanol–water partition coefficient (Wildman–Crippen LogP) is 2.66. The van der Waals surface area contributed by atoms with E-state index in [0.29, 0.717) is 16.4 Å². The molecule has 1 N–H and O–H groups in total. The molecule has 2 rings (SSSR count). The monoisotopic (exact) mass is 391 g/mol. The van der Waals surface area contributed by atoms with Crippen LogP contribution in [0.4, 0.5) is 4.79 Å². The Labute approximate surface area is 160 Å². The highest BCUT2D eigenvalue weighted by Crippen LogP contribution is 2.24. The van der Waals surface area contributed by atoms with Crippen molar-refractivity contribution < 1.29 is 23.9 Å². The Morgan fingerprint density at radius 2 is 1.93 bits per heavy atom. The topological polar surface area (TPSA) is 99.5 Å². The molecule has 0 atom stereocenters. The number of rotatable bonds is 6. The predicted molar refractivity (Wildman–Crippen MR) is 98.5 cm³/mol. The van der Waals surface area contributed by atoms with Gasteiger partial charge in [0.05, 0.1) is 18.0 Å². The van der Waals surface area contributed by atoms with Gasteiger partial charge in [-0.1, -0.05) is 29.8 Å². The Morgan fingerprint density at radius 1 is 1.22 bits per heavy atom. The van der Waals surface area contributed by atoms with Crippen LogP contribution in [0.5, 0.6) is 0 Å². The second-order valence-corrected chi connectivity index (χ2v) is 5.60. The summed E-state index contributed by atoms with van der Waals surface area (Å²) in [5, 5.41) is 6.60. The van der Waals surface area contributed by atoms with E-state index in [-0.39, 0.29) is 6.61 Å². The summed E-state index contributed by atoms with van der Waals surface area (Å²) in [5.74, 6) is -1.56. The van der Waals surface area contributed by atoms with Crippen molar-refractivity contribution in [1.29, 1.82) is 0 Å². The summed E-state index contributed by atoms with van der Waals surface area (Å²) in [5.41, 5.74) is 1.95. The smallest absolute Gasteiger partial charge is 0.413 e. The van der Waals surface area contributed by atoms with Crippen LogP contribution in [0.2, 0.25) is 5.15 Å². The van der Waals surface area contributed by atoms with Gasteiger partial charge < -0.3 is 9.47 Å². The number of nitrogens with zero attached hydrogens (tertiary/aromatic N) is 2. The van der Waals surface area contributed by atoms with E-state index in [1.165, 1.54) is 6.08 Å². The molecule has 0 aliphatic rings. The molecule has 27 heavy (non-hydrogen) atoms. The molecule has 142 valence electrons. The molecule has 0 aliphatic heterocycles. The maximum Gasteiger partial charge on any atom is 0.413 e. The minimum Gasteiger partial charge on any atom is -0.452 e. The number of benzene rings is 1. The van der Waals surface area contributed by atoms with Gasteiger partial charge in [-0.25, -0.2) is 14.3 Å². The number of amides is 2. The molecule has 2 aromatic rings. The maximum atomic E-state index is 11.8. The lowest BCUT2D eigenvalue weighted by Gasteiger charge is -2.04. The van der Waals surface area contributed by atoms with Crippen molar-refractivity contribution in [3.8, 4) is 5.69 Å². The lowest BCUT2D eigenvalue weighted by Crippen LogP contribution is -2.34. The van der Waals surface area contributed by atoms with Crippen LogP contribution in [0, 0.1) is 6.92 Å². The average Bonchev–Trinajstić information content (AvgIpc) is 2.93. The number of aryl methyl sites for hydroxylation is 1. The van der Waals surface area contributed by atoms with E-state index in [0.717, 1.165) is 11.8 Å². The van der Waals surface area contributed by atoms with Gasteiger partial charge in [0.2, 0.25) is 0 Å². The number of ether oxygens (including phenoxy) is 2. The van der Waals surface area contributed by atoms with Gasteiger partial charge in [-0.15, -0.1) is 0 Å². The Kier molecular flexibility index (Phi) is 7.13. The first-order chi connectivity index (χ1) is 12.9. The molecule has 0 radical (unpaired) electrons. The van der Waals surface area contributed by atoms with Crippen LogP contribution >= 0.6 is 11.6 Å². The van der Waals surface area contributed by atoms with Crippen molar-refractivity contribution in [2.24, 2.45) is 0 Å². The van der Waals surface area contributed by atoms with Crippen molar-refractivity contribution in [2.75, 3.05) is 13.2 Å². The minimum atomic E-state index is -0.898. The summed E-state index contributed by atoms with van der Waals surface area (Å²) in [7, 11) is 0. The summed E-state index contributed by atoms with van der Waals surface area (Å²) in [6.45, 7) is 2.86. The Morgan fingerprint density at radius 3 is 2.59 bits per heavy atom. The van der Waals surface area contributed by atoms with Crippen LogP contribution in [-0.2, 0) is 19.1 Å². The SMILES string of the molecule is CCOC(=O)NC(=O)COC(=O)/C=C/c1c(C)nn(-c2ccccc2)c1Cl. The number of esters is 1. The fourth-order valence-electron chi connectivity index (χ4n) is 2.09. The van der Waals surface area contributed by atoms with Crippen molar-refractivity contribution in [2.45, 2.75) is 13.8 Å². The molecule has 1 aromatic heterocycles. The molecule has 0 aliphatic carbocycles. The molecule has 1 aromatic carbocycles. The van der Waals surface area contributed by atoms with E-state index in [1.807, 2.05) is 35.6 Å². The van der Waals surface area contributed by atoms with Crippen LogP contribution in [0.3, 0.4) is 0 Å². The first kappa shape index (κ1) is 20.2. The van der Waals surface area contributed by atoms with Crippen LogP contribution in [0.15, 0.2) is 36.4 Å². The van der Waals surface area contributed by atoms with E-state index in [2.05, 4.69) is 9.84 Å². The minimum absolute atomic E-state index is 0.123. The molecule has 1 heterocycles. The summed E-state index contributed by atoms with van der Waals surface area (Å²) >= 11 is 6.34. The fraction of sp³-hybridized carbons (Fsp3) is 0.222. The molecule has 8 nitrogen and oxygen atoms in total. The van der Waals surface area contributed by atoms with E-state index in [1.54, 1.807) is 18.5 Å². The van der Waals surface area contributed by atoms with Gasteiger partial charge >= 0.3 is 12.1 Å². The molecular formula is C18H18ClN3O5. The van der Waals surface area contributed by atoms with Gasteiger partial charge in [-0.3, -0.25) is 10.1 Å². The second-order valence-electron chi connectivity index (χ2n) is 5.25. The van der Waals surface area contributed by atoms with Gasteiger partial charge in [0.25, 0.3) is 5.91 Å². The third-order valence-electron chi connectivity index (χ3n) is 3.30. The van der Waals surface area contributed by atoms with E-state index in [9.17, 15) is 14.4 Å². The highest BCUT2D eigenvalue weighted by Gasteiger charge is 2.13. The van der Waals surface area contributed by atoms with Crippen LogP contribution < -0.4 is 5.32 Å². The first-order valence-electron chi connectivity index (χ1n) is 8.04. The van der Waals surface area contributed by atoms with Crippen molar-refractivity contribution in [3.63, 3.8) is 0 Å². The number of carbonyl (C=O) groups excluding carboxylic acids is 3. The average molecular weight is 392 g/mol. The van der Waals surface area contributed by atoms with Crippen molar-refractivity contribution >= 4 is 35.6 Å². The zero-order chi connectivity index (χ0) is 19.8. The molecule has 0 spiro atoms. The molecule has 0 bridgehead atoms. The number of nitrogens with one attached hydrogen (secondary N) is 1. The molecular weight excluding hydrogens is 374 g/mol. The zero-order valence-corrected chi connectivity index (χ0v) is 15.5. The van der Waals surface area contributed by atoms with Gasteiger partial charge in [-0.2, -0.15) is 5.10 Å². The van der Waals surface area contributed by atoms with Gasteiger partial charge in [0, 0.05) is 11.6 Å². The third kappa shape index (κ3) is 5.68. The van der Waals surface area contributed by atoms with Crippen LogP contribution in [0.25, 0.3) is 11.8 Å². The Hall–Kier alpha value is -3.13. The van der Waals surface area contributed by atoms with E-state index >= 15 is 0 Å². The summed E-state index contributed by atoms with van der Waals surface area (Å²) in [6.07, 6.45) is 1.68. The van der Waals surface area contributed by atoms with E-state index < -0.39 is 24.6 Å². The molecule has 0 fully saturated rings. The lowest BCUT2D eigenvalue weighted by molar-refractivity contribution is -0.143. The van der Waals surface area contributed by atoms with Crippen LogP contribution in [-0.4, -0.2) is 41.0 Å². The number of alkyl carbamates (subject to hydrolysis) is 1. The zero-order valence-electron chi connectivity index (χ0n) is 14.8. The number of hydrogen-bond donors (Lipinski definition) is 1. The van der Waals surface area contributed by atoms with E-state index in [4.69, 9.17) is 16.3 Å². The van der Waals surface area contributed by atoms with Gasteiger partial charge in [0.15, 0.2) is 6.61 Å². The fourth-order valence-corrected chi connectivity index (χ4v) is 2.43. The highest BCUT2D eigenvalue weighted by atomic mass is 35.5. The van der Waals surface area contributed by atoms with Crippen molar-refractivity contribution in [3.05, 3.63) is 52.8 Å². The third-order valence-corrected chi connectivity index (χ3v) is 3.66. The first-order valence-corrected chi connectivity index (χ1v) is 8.42. The normalized spacial score (nSPS) is 10.6. The Balaban J connectivity index is 1.97. The Bertz CT molecular complexity index is 861. The quantitative estimate of drug-likeness (QED) is 0.600. The van der Waals surface area contributed by atoms with Gasteiger partial charge in [0.1, 0.15) is 5.15 Å². The number of imide groups is 1. The number of hydrogen-bond acceptors (Lipinski definition) is 6. The number of para-hydroxylation sites is 1. The molecule has 0 unspecified atom stereocenters. The number of halogens is 1. The maximum absolute atomic E-state index is 11.8. The van der Waals surface area contributed by atoms with Crippen molar-refractivity contribution in [1.82, 2.24) is 15.1 Å². The summed E-state index contributed by atoms with van der Waals surface area (Å²) in [4.78, 5) is 34.3. The second kappa shape index (κ2) is 9.54. The number of aromatic nitrogens is 2. The van der Waals surface area contributed by atoms with Crippen LogP contribution in [0.1, 0.15) is 18.2 Å². The molecule has 2 amide bonds. The molecule has 0 saturated carbocycles. The largest absolute Gasteiger partial charge is 0.452 e. The molecule has 9 heteroatoms. The number of carbonyl (C=O) groups is 3. The highest BCUT2D eigenvalue weighted by molar-refractivity contribution is 6.31. The summed E-state index contributed by atoms with van der Waals surface area (Å²) < 4.78 is 10.9. The standard InChI is InChI=1S/C18H18ClN3O5/c1-3-26-18(25)20-15(23)11-27-16(24)10-9-14-12(2)21-22(17(14)19)13-7-5-4-6-8-13/h4-10H,3,11H2,1-2H3,(H,20,23,25)/b10-9+. The summed E-state index contributed by atoms with van der Waals surface area (Å²) in [6, 6.07) is 9.29.